The molecule has 1 aromatic carbocycles. The number of benzene rings is 1. The van der Waals surface area contributed by atoms with Crippen LogP contribution in [0.5, 0.6) is 11.5 Å². The lowest BCUT2D eigenvalue weighted by Crippen LogP contribution is -2.20. The van der Waals surface area contributed by atoms with Crippen LogP contribution in [0.2, 0.25) is 0 Å². The van der Waals surface area contributed by atoms with Crippen molar-refractivity contribution < 1.29 is 14.7 Å². The molecule has 0 aromatic heterocycles. The van der Waals surface area contributed by atoms with Crippen molar-refractivity contribution in [3.63, 3.8) is 0 Å². The third-order valence-electron chi connectivity index (χ3n) is 3.62. The number of ether oxygens (including phenoxy) is 1. The molecule has 1 aliphatic rings. The van der Waals surface area contributed by atoms with Crippen LogP contribution in [0.1, 0.15) is 57.2 Å². The molecule has 0 spiro atoms. The van der Waals surface area contributed by atoms with Gasteiger partial charge < -0.3 is 20.0 Å². The average molecular weight is 322 g/mol. The highest BCUT2D eigenvalue weighted by atomic mass is 16.6. The fourth-order valence-electron chi connectivity index (χ4n) is 2.19. The van der Waals surface area contributed by atoms with E-state index in [1.54, 1.807) is 0 Å². The van der Waals surface area contributed by atoms with E-state index in [2.05, 4.69) is 24.1 Å². The molecule has 0 radical (unpaired) electrons. The van der Waals surface area contributed by atoms with Crippen LogP contribution < -0.4 is 14.9 Å². The fourth-order valence-corrected chi connectivity index (χ4v) is 2.19. The average Bonchev–Trinajstić information content (AvgIpc) is 3.37. The van der Waals surface area contributed by atoms with Gasteiger partial charge in [-0.05, 0) is 44.4 Å². The highest BCUT2D eigenvalue weighted by Crippen LogP contribution is 2.34. The predicted octanol–water partition coefficient (Wildman–Crippen LogP) is 3.59. The molecule has 1 saturated carbocycles. The van der Waals surface area contributed by atoms with Crippen LogP contribution in [0.25, 0.3) is 0 Å². The highest BCUT2D eigenvalue weighted by Gasteiger charge is 2.24. The van der Waals surface area contributed by atoms with E-state index in [9.17, 15) is 0 Å². The molecular formula is C18H30N2O3. The Morgan fingerprint density at radius 2 is 2.00 bits per heavy atom. The standard InChI is InChI=1S/C16H24N2O3.C2H6/c1-11-15(20-8-4-7-19)9-13(10-16(11)21-17-3)12(2)18-14-5-6-14;1-2/h9-10,12,14,18-19H,3-8H2,1-2H3;1-2H3. The summed E-state index contributed by atoms with van der Waals surface area (Å²) >= 11 is 0. The number of rotatable bonds is 9. The lowest BCUT2D eigenvalue weighted by atomic mass is 10.0. The molecule has 130 valence electrons. The molecular weight excluding hydrogens is 292 g/mol. The van der Waals surface area contributed by atoms with Gasteiger partial charge in [0.05, 0.1) is 6.61 Å². The zero-order valence-corrected chi connectivity index (χ0v) is 14.8. The number of aliphatic hydroxyl groups is 1. The summed E-state index contributed by atoms with van der Waals surface area (Å²) in [5.41, 5.74) is 1.99. The van der Waals surface area contributed by atoms with Crippen LogP contribution in [-0.4, -0.2) is 31.1 Å². The molecule has 2 N–H and O–H groups in total. The first kappa shape index (κ1) is 19.5. The number of hydrogen-bond donors (Lipinski definition) is 2. The van der Waals surface area contributed by atoms with Gasteiger partial charge in [0.1, 0.15) is 5.75 Å². The molecule has 1 aromatic rings. The SMILES string of the molecule is C=NOc1cc(C(C)NC2CC2)cc(OCCCO)c1C.CC. The Labute approximate surface area is 139 Å². The highest BCUT2D eigenvalue weighted by molar-refractivity contribution is 5.48. The number of hydrogen-bond acceptors (Lipinski definition) is 5. The molecule has 0 saturated heterocycles. The number of oxime groups is 1. The first-order valence-corrected chi connectivity index (χ1v) is 8.43. The number of aliphatic hydroxyl groups excluding tert-OH is 1. The van der Waals surface area contributed by atoms with Gasteiger partial charge in [-0.15, -0.1) is 0 Å². The van der Waals surface area contributed by atoms with E-state index >= 15 is 0 Å². The van der Waals surface area contributed by atoms with Gasteiger partial charge >= 0.3 is 0 Å². The number of nitrogens with zero attached hydrogens (tertiary/aromatic N) is 1. The molecule has 1 fully saturated rings. The summed E-state index contributed by atoms with van der Waals surface area (Å²) in [5, 5.41) is 15.9. The minimum Gasteiger partial charge on any atom is -0.493 e. The van der Waals surface area contributed by atoms with Crippen LogP contribution in [0.15, 0.2) is 17.3 Å². The maximum absolute atomic E-state index is 8.86. The molecule has 1 aliphatic carbocycles. The summed E-state index contributed by atoms with van der Waals surface area (Å²) in [7, 11) is 0. The van der Waals surface area contributed by atoms with Gasteiger partial charge in [-0.3, -0.25) is 0 Å². The maximum Gasteiger partial charge on any atom is 0.164 e. The molecule has 0 bridgehead atoms. The Hall–Kier alpha value is -1.59. The van der Waals surface area contributed by atoms with E-state index in [1.165, 1.54) is 12.8 Å². The van der Waals surface area contributed by atoms with Gasteiger partial charge in [-0.25, -0.2) is 0 Å². The van der Waals surface area contributed by atoms with Crippen LogP contribution in [0.3, 0.4) is 0 Å². The molecule has 0 aliphatic heterocycles. The van der Waals surface area contributed by atoms with Gasteiger partial charge in [-0.1, -0.05) is 19.0 Å². The topological polar surface area (TPSA) is 63.1 Å². The summed E-state index contributed by atoms with van der Waals surface area (Å²) in [6.45, 7) is 12.0. The van der Waals surface area contributed by atoms with Crippen LogP contribution in [0.4, 0.5) is 0 Å². The Bertz CT molecular complexity index is 487. The quantitative estimate of drug-likeness (QED) is 0.414. The van der Waals surface area contributed by atoms with Gasteiger partial charge in [-0.2, -0.15) is 0 Å². The minimum absolute atomic E-state index is 0.121. The second-order valence-electron chi connectivity index (χ2n) is 5.45. The molecule has 0 heterocycles. The molecule has 1 unspecified atom stereocenters. The Balaban J connectivity index is 0.00000127. The van der Waals surface area contributed by atoms with Crippen molar-refractivity contribution in [3.05, 3.63) is 23.3 Å². The normalized spacial score (nSPS) is 14.5. The van der Waals surface area contributed by atoms with E-state index in [-0.39, 0.29) is 12.6 Å². The number of nitrogens with one attached hydrogen (secondary N) is 1. The zero-order valence-electron chi connectivity index (χ0n) is 14.8. The van der Waals surface area contributed by atoms with Gasteiger partial charge in [0.2, 0.25) is 0 Å². The largest absolute Gasteiger partial charge is 0.493 e. The monoisotopic (exact) mass is 322 g/mol. The van der Waals surface area contributed by atoms with Crippen LogP contribution in [0, 0.1) is 6.92 Å². The van der Waals surface area contributed by atoms with Crippen molar-refractivity contribution in [2.75, 3.05) is 13.2 Å². The first-order valence-electron chi connectivity index (χ1n) is 8.43. The molecule has 5 nitrogen and oxygen atoms in total. The lowest BCUT2D eigenvalue weighted by molar-refractivity contribution is 0.231. The van der Waals surface area contributed by atoms with Crippen molar-refractivity contribution in [3.8, 4) is 11.5 Å². The van der Waals surface area contributed by atoms with E-state index in [0.29, 0.717) is 24.8 Å². The van der Waals surface area contributed by atoms with E-state index in [1.807, 2.05) is 32.9 Å². The molecule has 2 rings (SSSR count). The summed E-state index contributed by atoms with van der Waals surface area (Å²) in [6, 6.07) is 4.86. The van der Waals surface area contributed by atoms with Gasteiger partial charge in [0.25, 0.3) is 0 Å². The van der Waals surface area contributed by atoms with Crippen molar-refractivity contribution >= 4 is 6.72 Å². The molecule has 1 atom stereocenters. The second-order valence-corrected chi connectivity index (χ2v) is 5.45. The zero-order chi connectivity index (χ0) is 17.2. The second kappa shape index (κ2) is 10.2. The Kier molecular flexibility index (Phi) is 8.66. The molecule has 0 amide bonds. The summed E-state index contributed by atoms with van der Waals surface area (Å²) < 4.78 is 5.75. The Morgan fingerprint density at radius 3 is 2.57 bits per heavy atom. The third kappa shape index (κ3) is 6.20. The van der Waals surface area contributed by atoms with Crippen molar-refractivity contribution in [2.24, 2.45) is 5.16 Å². The van der Waals surface area contributed by atoms with Crippen molar-refractivity contribution in [2.45, 2.75) is 59.0 Å². The van der Waals surface area contributed by atoms with Crippen LogP contribution >= 0.6 is 0 Å². The summed E-state index contributed by atoms with van der Waals surface area (Å²) in [5.74, 6) is 1.43. The van der Waals surface area contributed by atoms with Crippen molar-refractivity contribution in [1.82, 2.24) is 5.32 Å². The van der Waals surface area contributed by atoms with E-state index in [0.717, 1.165) is 16.9 Å². The van der Waals surface area contributed by atoms with E-state index < -0.39 is 0 Å². The van der Waals surface area contributed by atoms with Gasteiger partial charge in [0, 0.05) is 37.4 Å². The fraction of sp³-hybridized carbons (Fsp3) is 0.611. The van der Waals surface area contributed by atoms with Gasteiger partial charge in [0.15, 0.2) is 5.75 Å². The molecule has 23 heavy (non-hydrogen) atoms. The first-order chi connectivity index (χ1) is 11.2. The molecule has 5 heteroatoms. The minimum atomic E-state index is 0.121. The van der Waals surface area contributed by atoms with Crippen molar-refractivity contribution in [1.29, 1.82) is 0 Å². The van der Waals surface area contributed by atoms with Crippen LogP contribution in [-0.2, 0) is 0 Å². The smallest absolute Gasteiger partial charge is 0.164 e. The maximum atomic E-state index is 8.86. The third-order valence-corrected chi connectivity index (χ3v) is 3.62. The summed E-state index contributed by atoms with van der Waals surface area (Å²) in [4.78, 5) is 5.25. The predicted molar refractivity (Wildman–Crippen MR) is 94.5 cm³/mol. The lowest BCUT2D eigenvalue weighted by Gasteiger charge is -2.18. The van der Waals surface area contributed by atoms with E-state index in [4.69, 9.17) is 14.7 Å². The summed E-state index contributed by atoms with van der Waals surface area (Å²) in [6.07, 6.45) is 3.09. The Morgan fingerprint density at radius 1 is 1.35 bits per heavy atom.